The first kappa shape index (κ1) is 18.8. The van der Waals surface area contributed by atoms with Crippen LogP contribution in [0.25, 0.3) is 0 Å². The van der Waals surface area contributed by atoms with Gasteiger partial charge in [-0.05, 0) is 41.2 Å². The first-order chi connectivity index (χ1) is 11.3. The van der Waals surface area contributed by atoms with Crippen molar-refractivity contribution < 1.29 is 9.59 Å². The molecular weight excluding hydrogens is 326 g/mol. The van der Waals surface area contributed by atoms with Crippen molar-refractivity contribution in [3.05, 3.63) is 11.1 Å². The largest absolute Gasteiger partial charge is 0.342 e. The second-order valence-electron chi connectivity index (χ2n) is 6.77. The molecule has 134 valence electrons. The minimum absolute atomic E-state index is 0.0707. The number of likely N-dealkylation sites (tertiary alicyclic amines) is 1. The third kappa shape index (κ3) is 5.54. The molecule has 1 N–H and O–H groups in total. The maximum absolute atomic E-state index is 12.4. The summed E-state index contributed by atoms with van der Waals surface area (Å²) in [5.74, 6) is -0.316. The third-order valence-corrected chi connectivity index (χ3v) is 4.69. The third-order valence-electron chi connectivity index (χ3n) is 3.88. The normalized spacial score (nSPS) is 18.0. The number of carbonyl (C=O) groups is 2. The van der Waals surface area contributed by atoms with Gasteiger partial charge in [0.1, 0.15) is 0 Å². The average molecular weight is 353 g/mol. The highest BCUT2D eigenvalue weighted by molar-refractivity contribution is 7.13. The number of aromatic nitrogens is 1. The Morgan fingerprint density at radius 3 is 2.79 bits per heavy atom. The molecule has 0 spiro atoms. The van der Waals surface area contributed by atoms with E-state index < -0.39 is 0 Å². The van der Waals surface area contributed by atoms with Crippen molar-refractivity contribution >= 4 is 28.3 Å². The van der Waals surface area contributed by atoms with Gasteiger partial charge in [-0.15, -0.1) is 11.3 Å². The van der Waals surface area contributed by atoms with E-state index in [1.54, 1.807) is 4.90 Å². The van der Waals surface area contributed by atoms with Crippen molar-refractivity contribution in [3.63, 3.8) is 0 Å². The Morgan fingerprint density at radius 2 is 2.12 bits per heavy atom. The van der Waals surface area contributed by atoms with Crippen LogP contribution in [-0.2, 0) is 16.1 Å². The topological polar surface area (TPSA) is 68.8 Å². The highest BCUT2D eigenvalue weighted by Gasteiger charge is 2.34. The number of thiazole rings is 1. The zero-order valence-electron chi connectivity index (χ0n) is 14.9. The van der Waals surface area contributed by atoms with E-state index in [1.807, 2.05) is 38.5 Å². The molecule has 0 saturated carbocycles. The molecule has 1 aromatic heterocycles. The van der Waals surface area contributed by atoms with Crippen LogP contribution in [0.1, 0.15) is 18.5 Å². The smallest absolute Gasteiger partial charge is 0.231 e. The van der Waals surface area contributed by atoms with E-state index in [9.17, 15) is 9.59 Å². The molecule has 0 aliphatic carbocycles. The number of anilines is 1. The molecular formula is C16H27N5O2S. The number of rotatable bonds is 8. The van der Waals surface area contributed by atoms with Crippen molar-refractivity contribution in [2.75, 3.05) is 53.1 Å². The van der Waals surface area contributed by atoms with E-state index in [-0.39, 0.29) is 17.7 Å². The summed E-state index contributed by atoms with van der Waals surface area (Å²) < 4.78 is 0. The highest BCUT2D eigenvalue weighted by atomic mass is 32.1. The van der Waals surface area contributed by atoms with Gasteiger partial charge in [-0.3, -0.25) is 9.59 Å². The number of amides is 2. The summed E-state index contributed by atoms with van der Waals surface area (Å²) in [6.45, 7) is 2.90. The minimum Gasteiger partial charge on any atom is -0.342 e. The van der Waals surface area contributed by atoms with Gasteiger partial charge in [0.2, 0.25) is 11.8 Å². The van der Waals surface area contributed by atoms with Gasteiger partial charge in [0.05, 0.1) is 11.6 Å². The summed E-state index contributed by atoms with van der Waals surface area (Å²) in [6.07, 6.45) is 1.22. The van der Waals surface area contributed by atoms with Crippen LogP contribution in [0.15, 0.2) is 5.38 Å². The van der Waals surface area contributed by atoms with Gasteiger partial charge in [0, 0.05) is 31.4 Å². The van der Waals surface area contributed by atoms with E-state index in [0.29, 0.717) is 24.6 Å². The van der Waals surface area contributed by atoms with Gasteiger partial charge in [0.15, 0.2) is 5.13 Å². The summed E-state index contributed by atoms with van der Waals surface area (Å²) in [5, 5.41) is 5.41. The lowest BCUT2D eigenvalue weighted by Crippen LogP contribution is -2.30. The van der Waals surface area contributed by atoms with Gasteiger partial charge >= 0.3 is 0 Å². The van der Waals surface area contributed by atoms with Crippen molar-refractivity contribution in [2.24, 2.45) is 5.92 Å². The number of hydrogen-bond acceptors (Lipinski definition) is 6. The molecule has 2 heterocycles. The van der Waals surface area contributed by atoms with E-state index >= 15 is 0 Å². The second-order valence-corrected chi connectivity index (χ2v) is 7.63. The lowest BCUT2D eigenvalue weighted by atomic mass is 10.1. The average Bonchev–Trinajstić information content (AvgIpc) is 3.05. The van der Waals surface area contributed by atoms with Gasteiger partial charge in [-0.25, -0.2) is 4.98 Å². The Labute approximate surface area is 147 Å². The lowest BCUT2D eigenvalue weighted by molar-refractivity contribution is -0.128. The van der Waals surface area contributed by atoms with Crippen LogP contribution < -0.4 is 5.32 Å². The number of nitrogens with zero attached hydrogens (tertiary/aromatic N) is 4. The van der Waals surface area contributed by atoms with Crippen LogP contribution in [-0.4, -0.2) is 79.3 Å². The Morgan fingerprint density at radius 1 is 1.38 bits per heavy atom. The molecule has 1 aromatic rings. The van der Waals surface area contributed by atoms with Crippen molar-refractivity contribution in [1.29, 1.82) is 0 Å². The predicted molar refractivity (Wildman–Crippen MR) is 96.0 cm³/mol. The zero-order chi connectivity index (χ0) is 17.7. The molecule has 0 aromatic carbocycles. The van der Waals surface area contributed by atoms with Crippen molar-refractivity contribution in [1.82, 2.24) is 19.7 Å². The first-order valence-electron chi connectivity index (χ1n) is 8.17. The van der Waals surface area contributed by atoms with Gasteiger partial charge in [-0.2, -0.15) is 0 Å². The molecule has 1 saturated heterocycles. The molecule has 8 heteroatoms. The molecule has 1 atom stereocenters. The number of hydrogen-bond donors (Lipinski definition) is 1. The molecule has 2 rings (SSSR count). The molecule has 1 aliphatic heterocycles. The summed E-state index contributed by atoms with van der Waals surface area (Å²) in [5.41, 5.74) is 0.938. The summed E-state index contributed by atoms with van der Waals surface area (Å²) >= 11 is 1.42. The maximum Gasteiger partial charge on any atom is 0.231 e. The Kier molecular flexibility index (Phi) is 6.70. The molecule has 1 fully saturated rings. The van der Waals surface area contributed by atoms with Gasteiger partial charge < -0.3 is 20.0 Å². The molecule has 1 unspecified atom stereocenters. The van der Waals surface area contributed by atoms with Crippen LogP contribution in [0.4, 0.5) is 5.13 Å². The SMILES string of the molecule is CN(C)CCCN1CC(C(=O)Nc2nc(CN(C)C)cs2)CC1=O. The Bertz CT molecular complexity index is 573. The summed E-state index contributed by atoms with van der Waals surface area (Å²) in [6, 6.07) is 0. The maximum atomic E-state index is 12.4. The predicted octanol–water partition coefficient (Wildman–Crippen LogP) is 0.943. The molecule has 2 amide bonds. The molecule has 24 heavy (non-hydrogen) atoms. The van der Waals surface area contributed by atoms with Crippen LogP contribution in [0.5, 0.6) is 0 Å². The fraction of sp³-hybridized carbons (Fsp3) is 0.688. The lowest BCUT2D eigenvalue weighted by Gasteiger charge is -2.17. The monoisotopic (exact) mass is 353 g/mol. The highest BCUT2D eigenvalue weighted by Crippen LogP contribution is 2.22. The fourth-order valence-corrected chi connectivity index (χ4v) is 3.41. The van der Waals surface area contributed by atoms with Crippen LogP contribution in [0, 0.1) is 5.92 Å². The zero-order valence-corrected chi connectivity index (χ0v) is 15.7. The van der Waals surface area contributed by atoms with Gasteiger partial charge in [0.25, 0.3) is 0 Å². The van der Waals surface area contributed by atoms with E-state index in [1.165, 1.54) is 11.3 Å². The standard InChI is InChI=1S/C16H27N5O2S/c1-19(2)6-5-7-21-9-12(8-14(21)22)15(23)18-16-17-13(11-24-16)10-20(3)4/h11-12H,5-10H2,1-4H3,(H,17,18,23). The minimum atomic E-state index is -0.280. The number of carbonyl (C=O) groups excluding carboxylic acids is 2. The Hall–Kier alpha value is -1.51. The Balaban J connectivity index is 1.82. The van der Waals surface area contributed by atoms with E-state index in [2.05, 4.69) is 15.2 Å². The quantitative estimate of drug-likeness (QED) is 0.753. The first-order valence-corrected chi connectivity index (χ1v) is 9.05. The van der Waals surface area contributed by atoms with Crippen molar-refractivity contribution in [2.45, 2.75) is 19.4 Å². The van der Waals surface area contributed by atoms with E-state index in [4.69, 9.17) is 0 Å². The second kappa shape index (κ2) is 8.55. The summed E-state index contributed by atoms with van der Waals surface area (Å²) in [4.78, 5) is 34.8. The molecule has 7 nitrogen and oxygen atoms in total. The van der Waals surface area contributed by atoms with Crippen molar-refractivity contribution in [3.8, 4) is 0 Å². The number of nitrogens with one attached hydrogen (secondary N) is 1. The molecule has 0 radical (unpaired) electrons. The molecule has 0 bridgehead atoms. The van der Waals surface area contributed by atoms with Crippen LogP contribution in [0.3, 0.4) is 0 Å². The molecule has 1 aliphatic rings. The van der Waals surface area contributed by atoms with Crippen LogP contribution in [0.2, 0.25) is 0 Å². The fourth-order valence-electron chi connectivity index (χ4n) is 2.71. The van der Waals surface area contributed by atoms with Crippen LogP contribution >= 0.6 is 11.3 Å². The van der Waals surface area contributed by atoms with Gasteiger partial charge in [-0.1, -0.05) is 0 Å². The van der Waals surface area contributed by atoms with E-state index in [0.717, 1.165) is 25.2 Å². The summed E-state index contributed by atoms with van der Waals surface area (Å²) in [7, 11) is 7.99.